The van der Waals surface area contributed by atoms with Crippen molar-refractivity contribution < 1.29 is 9.90 Å². The van der Waals surface area contributed by atoms with Crippen molar-refractivity contribution in [2.24, 2.45) is 5.73 Å². The maximum absolute atomic E-state index is 11.5. The predicted molar refractivity (Wildman–Crippen MR) is 84.0 cm³/mol. The van der Waals surface area contributed by atoms with Crippen LogP contribution in [0.3, 0.4) is 0 Å². The number of rotatable bonds is 2. The summed E-state index contributed by atoms with van der Waals surface area (Å²) in [7, 11) is 0. The third kappa shape index (κ3) is 3.01. The summed E-state index contributed by atoms with van der Waals surface area (Å²) in [5.41, 5.74) is 8.40. The van der Waals surface area contributed by atoms with E-state index in [1.54, 1.807) is 10.9 Å². The van der Waals surface area contributed by atoms with Gasteiger partial charge in [0.15, 0.2) is 11.5 Å². The summed E-state index contributed by atoms with van der Waals surface area (Å²) in [4.78, 5) is 15.8. The molecule has 1 aliphatic carbocycles. The lowest BCUT2D eigenvalue weighted by molar-refractivity contribution is 0.0993. The van der Waals surface area contributed by atoms with Gasteiger partial charge in [-0.2, -0.15) is 5.10 Å². The average Bonchev–Trinajstić information content (AvgIpc) is 2.88. The summed E-state index contributed by atoms with van der Waals surface area (Å²) in [6.07, 6.45) is 2.98. The molecule has 0 bridgehead atoms. The van der Waals surface area contributed by atoms with Gasteiger partial charge >= 0.3 is 0 Å². The number of nitrogens with zero attached hydrogens (tertiary/aromatic N) is 3. The first-order chi connectivity index (χ1) is 10.6. The second kappa shape index (κ2) is 6.70. The van der Waals surface area contributed by atoms with Crippen molar-refractivity contribution in [1.29, 1.82) is 0 Å². The van der Waals surface area contributed by atoms with E-state index < -0.39 is 12.0 Å². The first kappa shape index (κ1) is 16.2. The van der Waals surface area contributed by atoms with Gasteiger partial charge in [-0.25, -0.2) is 9.67 Å². The number of carbonyl (C=O) groups is 1. The Labute approximate surface area is 130 Å². The minimum absolute atomic E-state index is 0.287. The molecule has 0 saturated carbocycles. The first-order valence-corrected chi connectivity index (χ1v) is 7.58. The Hall–Kier alpha value is -2.21. The fourth-order valence-corrected chi connectivity index (χ4v) is 2.62. The molecule has 0 radical (unpaired) electrons. The van der Waals surface area contributed by atoms with Gasteiger partial charge in [0.25, 0.3) is 5.91 Å². The topological polar surface area (TPSA) is 94.0 Å². The van der Waals surface area contributed by atoms with E-state index >= 15 is 0 Å². The van der Waals surface area contributed by atoms with Gasteiger partial charge in [0.05, 0.1) is 11.8 Å². The van der Waals surface area contributed by atoms with Crippen molar-refractivity contribution in [3.63, 3.8) is 0 Å². The molecule has 2 heterocycles. The van der Waals surface area contributed by atoms with Crippen LogP contribution in [0.2, 0.25) is 0 Å². The molecule has 1 aliphatic rings. The van der Waals surface area contributed by atoms with E-state index in [1.807, 2.05) is 32.9 Å². The number of amides is 1. The number of carbonyl (C=O) groups excluding carboxylic acids is 1. The second-order valence-corrected chi connectivity index (χ2v) is 5.14. The van der Waals surface area contributed by atoms with Crippen LogP contribution >= 0.6 is 0 Å². The molecule has 0 saturated heterocycles. The molecule has 0 aliphatic heterocycles. The molecule has 0 aromatic carbocycles. The molecule has 22 heavy (non-hydrogen) atoms. The normalized spacial score (nSPS) is 16.5. The zero-order valence-corrected chi connectivity index (χ0v) is 13.2. The summed E-state index contributed by atoms with van der Waals surface area (Å²) in [6.45, 7) is 5.96. The summed E-state index contributed by atoms with van der Waals surface area (Å²) in [6, 6.07) is 3.78. The third-order valence-corrected chi connectivity index (χ3v) is 3.60. The van der Waals surface area contributed by atoms with Crippen LogP contribution in [0.1, 0.15) is 47.6 Å². The number of fused-ring (bicyclic) bond motifs is 1. The number of aryl methyl sites for hydroxylation is 1. The molecule has 1 amide bonds. The summed E-state index contributed by atoms with van der Waals surface area (Å²) >= 11 is 0. The maximum Gasteiger partial charge on any atom is 0.269 e. The van der Waals surface area contributed by atoms with Gasteiger partial charge in [-0.15, -0.1) is 0 Å². The minimum Gasteiger partial charge on any atom is -0.393 e. The zero-order valence-electron chi connectivity index (χ0n) is 13.2. The number of primary amides is 1. The van der Waals surface area contributed by atoms with Crippen LogP contribution in [0.4, 0.5) is 0 Å². The van der Waals surface area contributed by atoms with E-state index in [2.05, 4.69) is 10.1 Å². The Morgan fingerprint density at radius 1 is 1.45 bits per heavy atom. The van der Waals surface area contributed by atoms with E-state index in [4.69, 9.17) is 5.73 Å². The number of aliphatic hydroxyl groups excluding tert-OH is 1. The quantitative estimate of drug-likeness (QED) is 0.880. The molecule has 3 rings (SSSR count). The monoisotopic (exact) mass is 302 g/mol. The van der Waals surface area contributed by atoms with Crippen LogP contribution in [0.5, 0.6) is 0 Å². The van der Waals surface area contributed by atoms with Crippen LogP contribution in [-0.2, 0) is 12.8 Å². The maximum atomic E-state index is 11.5. The van der Waals surface area contributed by atoms with Gasteiger partial charge in [-0.1, -0.05) is 13.8 Å². The number of aromatic nitrogens is 3. The number of pyridine rings is 1. The molecule has 3 N–H and O–H groups in total. The fraction of sp³-hybridized carbons (Fsp3) is 0.438. The van der Waals surface area contributed by atoms with E-state index in [9.17, 15) is 9.90 Å². The molecule has 1 atom stereocenters. The molecular formula is C16H22N4O2. The average molecular weight is 302 g/mol. The van der Waals surface area contributed by atoms with E-state index in [-0.39, 0.29) is 5.69 Å². The highest BCUT2D eigenvalue weighted by atomic mass is 16.3. The summed E-state index contributed by atoms with van der Waals surface area (Å²) in [5.74, 6) is 0.104. The predicted octanol–water partition coefficient (Wildman–Crippen LogP) is 1.55. The molecular weight excluding hydrogens is 280 g/mol. The summed E-state index contributed by atoms with van der Waals surface area (Å²) in [5, 5.41) is 14.2. The number of hydrogen-bond donors (Lipinski definition) is 2. The molecule has 0 fully saturated rings. The SMILES string of the molecule is CC.Cc1ccnc(-n2nc(C(N)=O)c3c2CC(O)CC3)c1. The summed E-state index contributed by atoms with van der Waals surface area (Å²) < 4.78 is 1.63. The molecule has 1 unspecified atom stereocenters. The van der Waals surface area contributed by atoms with Gasteiger partial charge in [0.1, 0.15) is 0 Å². The van der Waals surface area contributed by atoms with Crippen LogP contribution in [0.15, 0.2) is 18.3 Å². The lowest BCUT2D eigenvalue weighted by Crippen LogP contribution is -2.22. The van der Waals surface area contributed by atoms with Gasteiger partial charge in [-0.3, -0.25) is 4.79 Å². The molecule has 0 spiro atoms. The zero-order chi connectivity index (χ0) is 16.3. The largest absolute Gasteiger partial charge is 0.393 e. The van der Waals surface area contributed by atoms with Gasteiger partial charge in [0.2, 0.25) is 0 Å². The van der Waals surface area contributed by atoms with Crippen molar-refractivity contribution >= 4 is 5.91 Å². The van der Waals surface area contributed by atoms with Crippen LogP contribution in [-0.4, -0.2) is 31.9 Å². The Bertz CT molecular complexity index is 679. The molecule has 2 aromatic heterocycles. The van der Waals surface area contributed by atoms with Crippen LogP contribution in [0, 0.1) is 6.92 Å². The van der Waals surface area contributed by atoms with Crippen LogP contribution in [0.25, 0.3) is 5.82 Å². The van der Waals surface area contributed by atoms with E-state index in [0.29, 0.717) is 25.1 Å². The molecule has 2 aromatic rings. The smallest absolute Gasteiger partial charge is 0.269 e. The highest BCUT2D eigenvalue weighted by molar-refractivity contribution is 5.92. The third-order valence-electron chi connectivity index (χ3n) is 3.60. The molecule has 6 heteroatoms. The Morgan fingerprint density at radius 3 is 2.82 bits per heavy atom. The minimum atomic E-state index is -0.538. The highest BCUT2D eigenvalue weighted by Crippen LogP contribution is 2.26. The Morgan fingerprint density at radius 2 is 2.18 bits per heavy atom. The lowest BCUT2D eigenvalue weighted by atomic mass is 9.93. The molecule has 118 valence electrons. The number of aliphatic hydroxyl groups is 1. The lowest BCUT2D eigenvalue weighted by Gasteiger charge is -2.18. The van der Waals surface area contributed by atoms with Gasteiger partial charge < -0.3 is 10.8 Å². The number of nitrogens with two attached hydrogens (primary N) is 1. The van der Waals surface area contributed by atoms with Crippen molar-refractivity contribution in [3.8, 4) is 5.82 Å². The van der Waals surface area contributed by atoms with Crippen LogP contribution < -0.4 is 5.73 Å². The standard InChI is InChI=1S/C14H16N4O2.C2H6/c1-8-4-5-16-12(6-8)18-11-7-9(19)2-3-10(11)13(17-18)14(15)20;1-2/h4-6,9,19H,2-3,7H2,1H3,(H2,15,20);1-2H3. The Balaban J connectivity index is 0.000000847. The number of hydrogen-bond acceptors (Lipinski definition) is 4. The van der Waals surface area contributed by atoms with Gasteiger partial charge in [-0.05, 0) is 37.5 Å². The van der Waals surface area contributed by atoms with Crippen molar-refractivity contribution in [2.45, 2.75) is 46.1 Å². The van der Waals surface area contributed by atoms with Crippen molar-refractivity contribution in [1.82, 2.24) is 14.8 Å². The van der Waals surface area contributed by atoms with Crippen molar-refractivity contribution in [3.05, 3.63) is 40.8 Å². The van der Waals surface area contributed by atoms with E-state index in [0.717, 1.165) is 16.8 Å². The highest BCUT2D eigenvalue weighted by Gasteiger charge is 2.28. The second-order valence-electron chi connectivity index (χ2n) is 5.14. The van der Waals surface area contributed by atoms with Gasteiger partial charge in [0, 0.05) is 18.2 Å². The Kier molecular flexibility index (Phi) is 4.92. The molecule has 6 nitrogen and oxygen atoms in total. The van der Waals surface area contributed by atoms with Crippen molar-refractivity contribution in [2.75, 3.05) is 0 Å². The first-order valence-electron chi connectivity index (χ1n) is 7.58. The van der Waals surface area contributed by atoms with E-state index in [1.165, 1.54) is 0 Å². The fourth-order valence-electron chi connectivity index (χ4n) is 2.62.